The van der Waals surface area contributed by atoms with Crippen molar-refractivity contribution < 1.29 is 0 Å². The molecule has 0 spiro atoms. The highest BCUT2D eigenvalue weighted by atomic mass is 127. The lowest BCUT2D eigenvalue weighted by atomic mass is 10.1. The Bertz CT molecular complexity index is 646. The summed E-state index contributed by atoms with van der Waals surface area (Å²) in [4.78, 5) is 12.3. The van der Waals surface area contributed by atoms with E-state index in [0.717, 1.165) is 64.2 Å². The molecule has 1 aromatic carbocycles. The number of nitrogens with one attached hydrogen (secondary N) is 1. The highest BCUT2D eigenvalue weighted by Crippen LogP contribution is 2.20. The second-order valence-electron chi connectivity index (χ2n) is 7.80. The molecule has 2 aliphatic heterocycles. The monoisotopic (exact) mass is 511 g/mol. The summed E-state index contributed by atoms with van der Waals surface area (Å²) in [6, 6.07) is 8.88. The van der Waals surface area contributed by atoms with Gasteiger partial charge in [0.15, 0.2) is 5.96 Å². The Morgan fingerprint density at radius 2 is 1.79 bits per heavy atom. The first-order chi connectivity index (χ1) is 13.7. The van der Waals surface area contributed by atoms with Crippen molar-refractivity contribution in [3.63, 3.8) is 0 Å². The molecule has 0 bridgehead atoms. The van der Waals surface area contributed by atoms with Gasteiger partial charge in [-0.25, -0.2) is 4.99 Å². The van der Waals surface area contributed by atoms with Gasteiger partial charge in [0.05, 0.1) is 6.54 Å². The van der Waals surface area contributed by atoms with Gasteiger partial charge < -0.3 is 20.0 Å². The number of halogens is 1. The average Bonchev–Trinajstić information content (AvgIpc) is 3.42. The average molecular weight is 511 g/mol. The number of benzene rings is 1. The molecule has 29 heavy (non-hydrogen) atoms. The van der Waals surface area contributed by atoms with E-state index in [1.807, 2.05) is 0 Å². The number of likely N-dealkylation sites (tertiary alicyclic amines) is 1. The molecule has 162 valence electrons. The van der Waals surface area contributed by atoms with E-state index in [2.05, 4.69) is 77.2 Å². The molecule has 1 saturated heterocycles. The third-order valence-corrected chi connectivity index (χ3v) is 5.86. The van der Waals surface area contributed by atoms with Gasteiger partial charge in [0.2, 0.25) is 0 Å². The van der Waals surface area contributed by atoms with Gasteiger partial charge in [-0.15, -0.1) is 24.0 Å². The van der Waals surface area contributed by atoms with Gasteiger partial charge in [0.25, 0.3) is 0 Å². The molecule has 0 saturated carbocycles. The molecule has 1 unspecified atom stereocenters. The minimum atomic E-state index is 0. The van der Waals surface area contributed by atoms with Crippen LogP contribution in [0.2, 0.25) is 0 Å². The Labute approximate surface area is 194 Å². The molecule has 3 rings (SSSR count). The van der Waals surface area contributed by atoms with Crippen LogP contribution in [0.3, 0.4) is 0 Å². The maximum Gasteiger partial charge on any atom is 0.194 e. The zero-order valence-corrected chi connectivity index (χ0v) is 20.6. The van der Waals surface area contributed by atoms with Crippen molar-refractivity contribution in [1.29, 1.82) is 0 Å². The van der Waals surface area contributed by atoms with E-state index in [1.165, 1.54) is 24.2 Å². The molecule has 0 aromatic heterocycles. The minimum Gasteiger partial charge on any atom is -0.364 e. The van der Waals surface area contributed by atoms with Crippen molar-refractivity contribution in [1.82, 2.24) is 15.1 Å². The first-order valence-electron chi connectivity index (χ1n) is 11.0. The van der Waals surface area contributed by atoms with Crippen LogP contribution < -0.4 is 10.2 Å². The lowest BCUT2D eigenvalue weighted by molar-refractivity contribution is 0.255. The predicted molar refractivity (Wildman–Crippen MR) is 135 cm³/mol. The Balaban J connectivity index is 0.00000300. The van der Waals surface area contributed by atoms with Crippen molar-refractivity contribution in [3.8, 4) is 0 Å². The van der Waals surface area contributed by atoms with Crippen LogP contribution in [0, 0.1) is 5.92 Å². The Morgan fingerprint density at radius 3 is 2.41 bits per heavy atom. The van der Waals surface area contributed by atoms with Crippen LogP contribution in [0.4, 0.5) is 5.69 Å². The lowest BCUT2D eigenvalue weighted by Crippen LogP contribution is -2.40. The van der Waals surface area contributed by atoms with Gasteiger partial charge in [-0.1, -0.05) is 38.1 Å². The smallest absolute Gasteiger partial charge is 0.194 e. The van der Waals surface area contributed by atoms with Crippen LogP contribution in [0.5, 0.6) is 0 Å². The number of rotatable bonds is 8. The van der Waals surface area contributed by atoms with Crippen LogP contribution in [0.15, 0.2) is 41.4 Å². The Kier molecular flexibility index (Phi) is 10.3. The third kappa shape index (κ3) is 6.88. The summed E-state index contributed by atoms with van der Waals surface area (Å²) >= 11 is 0. The largest absolute Gasteiger partial charge is 0.364 e. The van der Waals surface area contributed by atoms with Crippen LogP contribution in [-0.4, -0.2) is 68.1 Å². The number of anilines is 1. The summed E-state index contributed by atoms with van der Waals surface area (Å²) in [5, 5.41) is 3.50. The molecule has 5 nitrogen and oxygen atoms in total. The molecule has 1 fully saturated rings. The van der Waals surface area contributed by atoms with Gasteiger partial charge in [-0.3, -0.25) is 0 Å². The van der Waals surface area contributed by atoms with Crippen LogP contribution in [-0.2, 0) is 6.54 Å². The van der Waals surface area contributed by atoms with E-state index in [9.17, 15) is 0 Å². The van der Waals surface area contributed by atoms with Crippen molar-refractivity contribution in [2.75, 3.05) is 57.3 Å². The van der Waals surface area contributed by atoms with Crippen molar-refractivity contribution >= 4 is 35.6 Å². The molecular formula is C23H38IN5. The quantitative estimate of drug-likeness (QED) is 0.249. The highest BCUT2D eigenvalue weighted by Gasteiger charge is 2.25. The predicted octanol–water partition coefficient (Wildman–Crippen LogP) is 3.81. The van der Waals surface area contributed by atoms with Gasteiger partial charge in [0, 0.05) is 45.0 Å². The molecule has 1 atom stereocenters. The molecule has 0 aliphatic carbocycles. The number of nitrogens with zero attached hydrogens (tertiary/aromatic N) is 4. The summed E-state index contributed by atoms with van der Waals surface area (Å²) in [5.41, 5.74) is 2.56. The summed E-state index contributed by atoms with van der Waals surface area (Å²) in [7, 11) is 0. The molecule has 6 heteroatoms. The van der Waals surface area contributed by atoms with E-state index in [4.69, 9.17) is 4.99 Å². The van der Waals surface area contributed by atoms with Gasteiger partial charge >= 0.3 is 0 Å². The van der Waals surface area contributed by atoms with Gasteiger partial charge in [-0.05, 0) is 50.0 Å². The zero-order valence-electron chi connectivity index (χ0n) is 18.3. The molecule has 0 radical (unpaired) electrons. The van der Waals surface area contributed by atoms with Crippen LogP contribution in [0.25, 0.3) is 0 Å². The maximum absolute atomic E-state index is 4.94. The van der Waals surface area contributed by atoms with Crippen molar-refractivity contribution in [3.05, 3.63) is 42.0 Å². The normalized spacial score (nSPS) is 19.2. The fraction of sp³-hybridized carbons (Fsp3) is 0.609. The fourth-order valence-corrected chi connectivity index (χ4v) is 4.11. The van der Waals surface area contributed by atoms with Crippen molar-refractivity contribution in [2.45, 2.75) is 33.7 Å². The molecular weight excluding hydrogens is 473 g/mol. The van der Waals surface area contributed by atoms with Crippen molar-refractivity contribution in [2.24, 2.45) is 10.9 Å². The highest BCUT2D eigenvalue weighted by molar-refractivity contribution is 14.0. The molecule has 2 heterocycles. The van der Waals surface area contributed by atoms with Gasteiger partial charge in [0.1, 0.15) is 0 Å². The standard InChI is InChI=1S/C23H37N5.HI/c1-4-24-23(28-16-13-21(19-28)18-26(5-2)6-3)25-17-20-9-11-22(12-10-20)27-14-7-8-15-27;/h7-12,21H,4-6,13-19H2,1-3H3,(H,24,25);1H. The molecule has 2 aliphatic rings. The second-order valence-corrected chi connectivity index (χ2v) is 7.80. The summed E-state index contributed by atoms with van der Waals surface area (Å²) in [6.07, 6.45) is 5.72. The number of aliphatic imine (C=N–C) groups is 1. The van der Waals surface area contributed by atoms with E-state index in [-0.39, 0.29) is 24.0 Å². The topological polar surface area (TPSA) is 34.1 Å². The molecule has 1 aromatic rings. The van der Waals surface area contributed by atoms with E-state index >= 15 is 0 Å². The second kappa shape index (κ2) is 12.4. The number of guanidine groups is 1. The maximum atomic E-state index is 4.94. The molecule has 1 N–H and O–H groups in total. The lowest BCUT2D eigenvalue weighted by Gasteiger charge is -2.24. The number of hydrogen-bond acceptors (Lipinski definition) is 3. The van der Waals surface area contributed by atoms with E-state index in [0.29, 0.717) is 0 Å². The summed E-state index contributed by atoms with van der Waals surface area (Å²) in [5.74, 6) is 1.81. The third-order valence-electron chi connectivity index (χ3n) is 5.86. The number of hydrogen-bond donors (Lipinski definition) is 1. The Hall–Kier alpha value is -1.28. The summed E-state index contributed by atoms with van der Waals surface area (Å²) in [6.45, 7) is 16.1. The first-order valence-corrected chi connectivity index (χ1v) is 11.0. The van der Waals surface area contributed by atoms with Gasteiger partial charge in [-0.2, -0.15) is 0 Å². The summed E-state index contributed by atoms with van der Waals surface area (Å²) < 4.78 is 0. The minimum absolute atomic E-state index is 0. The zero-order chi connectivity index (χ0) is 19.8. The Morgan fingerprint density at radius 1 is 1.10 bits per heavy atom. The van der Waals surface area contributed by atoms with Crippen LogP contribution in [0.1, 0.15) is 32.8 Å². The first kappa shape index (κ1) is 24.0. The van der Waals surface area contributed by atoms with Crippen LogP contribution >= 0.6 is 24.0 Å². The fourth-order valence-electron chi connectivity index (χ4n) is 4.11. The molecule has 0 amide bonds. The van der Waals surface area contributed by atoms with E-state index in [1.54, 1.807) is 0 Å². The van der Waals surface area contributed by atoms with E-state index < -0.39 is 0 Å². The SMILES string of the molecule is CCNC(=NCc1ccc(N2CC=CC2)cc1)N1CCC(CN(CC)CC)C1.I.